The largest absolute Gasteiger partial charge is 0.418 e. The predicted octanol–water partition coefficient (Wildman–Crippen LogP) is 3.41. The van der Waals surface area contributed by atoms with E-state index in [0.29, 0.717) is 6.54 Å². The molecule has 0 aromatic heterocycles. The van der Waals surface area contributed by atoms with E-state index in [9.17, 15) is 13.2 Å². The van der Waals surface area contributed by atoms with Crippen LogP contribution in [0.3, 0.4) is 0 Å². The van der Waals surface area contributed by atoms with Gasteiger partial charge in [0, 0.05) is 24.3 Å². The Morgan fingerprint density at radius 3 is 2.58 bits per heavy atom. The molecule has 19 heavy (non-hydrogen) atoms. The van der Waals surface area contributed by atoms with Gasteiger partial charge in [-0.1, -0.05) is 12.1 Å². The summed E-state index contributed by atoms with van der Waals surface area (Å²) in [7, 11) is 0. The molecule has 1 heterocycles. The minimum absolute atomic E-state index is 0.00718. The van der Waals surface area contributed by atoms with E-state index in [1.807, 2.05) is 11.8 Å². The van der Waals surface area contributed by atoms with Gasteiger partial charge in [0.25, 0.3) is 0 Å². The van der Waals surface area contributed by atoms with Crippen LogP contribution in [-0.2, 0) is 6.18 Å². The van der Waals surface area contributed by atoms with Gasteiger partial charge in [-0.25, -0.2) is 0 Å². The molecule has 1 aliphatic rings. The van der Waals surface area contributed by atoms with E-state index in [2.05, 4.69) is 0 Å². The van der Waals surface area contributed by atoms with Crippen molar-refractivity contribution in [2.24, 2.45) is 5.73 Å². The number of benzene rings is 1. The van der Waals surface area contributed by atoms with E-state index in [1.54, 1.807) is 12.1 Å². The third-order valence-corrected chi connectivity index (χ3v) is 3.79. The van der Waals surface area contributed by atoms with Crippen molar-refractivity contribution in [3.63, 3.8) is 0 Å². The fraction of sp³-hybridized carbons (Fsp3) is 0.571. The van der Waals surface area contributed by atoms with Crippen molar-refractivity contribution in [2.45, 2.75) is 44.4 Å². The maximum absolute atomic E-state index is 13.1. The second-order valence-corrected chi connectivity index (χ2v) is 5.09. The molecular weight excluding hydrogens is 253 g/mol. The number of nitrogens with two attached hydrogens (primary N) is 1. The number of alkyl halides is 3. The smallest absolute Gasteiger partial charge is 0.364 e. The highest BCUT2D eigenvalue weighted by Crippen LogP contribution is 2.39. The molecule has 1 aliphatic heterocycles. The summed E-state index contributed by atoms with van der Waals surface area (Å²) in [6.45, 7) is 2.35. The van der Waals surface area contributed by atoms with Gasteiger partial charge in [0.2, 0.25) is 0 Å². The highest BCUT2D eigenvalue weighted by Gasteiger charge is 2.37. The Bertz CT molecular complexity index is 431. The van der Waals surface area contributed by atoms with Crippen LogP contribution >= 0.6 is 0 Å². The number of halogens is 3. The molecule has 0 saturated carbocycles. The monoisotopic (exact) mass is 272 g/mol. The lowest BCUT2D eigenvalue weighted by Crippen LogP contribution is -2.49. The Morgan fingerprint density at radius 1 is 1.26 bits per heavy atom. The van der Waals surface area contributed by atoms with Crippen LogP contribution in [0.4, 0.5) is 18.9 Å². The van der Waals surface area contributed by atoms with Crippen LogP contribution < -0.4 is 10.6 Å². The first-order valence-corrected chi connectivity index (χ1v) is 6.59. The summed E-state index contributed by atoms with van der Waals surface area (Å²) in [6, 6.07) is 5.85. The zero-order chi connectivity index (χ0) is 14.0. The van der Waals surface area contributed by atoms with E-state index in [-0.39, 0.29) is 17.8 Å². The maximum Gasteiger partial charge on any atom is 0.418 e. The van der Waals surface area contributed by atoms with Gasteiger partial charge in [0.1, 0.15) is 0 Å². The number of hydrogen-bond donors (Lipinski definition) is 1. The molecule has 1 saturated heterocycles. The molecule has 0 radical (unpaired) electrons. The van der Waals surface area contributed by atoms with Crippen molar-refractivity contribution < 1.29 is 13.2 Å². The molecule has 1 fully saturated rings. The summed E-state index contributed by atoms with van der Waals surface area (Å²) in [6.07, 6.45) is -1.55. The van der Waals surface area contributed by atoms with Gasteiger partial charge in [-0.15, -0.1) is 0 Å². The maximum atomic E-state index is 13.1. The van der Waals surface area contributed by atoms with E-state index >= 15 is 0 Å². The molecule has 106 valence electrons. The average Bonchev–Trinajstić information content (AvgIpc) is 2.37. The molecule has 0 spiro atoms. The highest BCUT2D eigenvalue weighted by atomic mass is 19.4. The van der Waals surface area contributed by atoms with E-state index in [0.717, 1.165) is 25.3 Å². The minimum Gasteiger partial charge on any atom is -0.364 e. The number of anilines is 1. The van der Waals surface area contributed by atoms with Crippen LogP contribution in [0.25, 0.3) is 0 Å². The fourth-order valence-corrected chi connectivity index (χ4v) is 2.89. The SMILES string of the molecule is CC1CCCC(CN)N1c1ccccc1C(F)(F)F. The molecule has 5 heteroatoms. The molecular formula is C14H19F3N2. The van der Waals surface area contributed by atoms with Crippen molar-refractivity contribution in [1.29, 1.82) is 0 Å². The van der Waals surface area contributed by atoms with Crippen molar-refractivity contribution >= 4 is 5.69 Å². The zero-order valence-electron chi connectivity index (χ0n) is 11.0. The van der Waals surface area contributed by atoms with Crippen LogP contribution in [0, 0.1) is 0 Å². The molecule has 0 aliphatic carbocycles. The molecule has 0 amide bonds. The van der Waals surface area contributed by atoms with E-state index in [4.69, 9.17) is 5.73 Å². The average molecular weight is 272 g/mol. The van der Waals surface area contributed by atoms with Crippen LogP contribution in [0.1, 0.15) is 31.7 Å². The van der Waals surface area contributed by atoms with Gasteiger partial charge in [0.15, 0.2) is 0 Å². The van der Waals surface area contributed by atoms with Crippen LogP contribution in [0.5, 0.6) is 0 Å². The summed E-state index contributed by atoms with van der Waals surface area (Å²) >= 11 is 0. The van der Waals surface area contributed by atoms with Crippen LogP contribution in [0.15, 0.2) is 24.3 Å². The van der Waals surface area contributed by atoms with Gasteiger partial charge >= 0.3 is 6.18 Å². The Hall–Kier alpha value is -1.23. The fourth-order valence-electron chi connectivity index (χ4n) is 2.89. The molecule has 2 N–H and O–H groups in total. The number of piperidine rings is 1. The summed E-state index contributed by atoms with van der Waals surface area (Å²) in [5.41, 5.74) is 5.42. The molecule has 2 rings (SSSR count). The van der Waals surface area contributed by atoms with Gasteiger partial charge < -0.3 is 10.6 Å². The normalized spacial score (nSPS) is 24.6. The predicted molar refractivity (Wildman–Crippen MR) is 70.1 cm³/mol. The lowest BCUT2D eigenvalue weighted by Gasteiger charge is -2.43. The first-order valence-electron chi connectivity index (χ1n) is 6.59. The number of rotatable bonds is 2. The standard InChI is InChI=1S/C14H19F3N2/c1-10-5-4-6-11(9-18)19(10)13-8-3-2-7-12(13)14(15,16)17/h2-3,7-8,10-11H,4-6,9,18H2,1H3. The molecule has 0 bridgehead atoms. The third-order valence-electron chi connectivity index (χ3n) is 3.79. The summed E-state index contributed by atoms with van der Waals surface area (Å²) in [5.74, 6) is 0. The minimum atomic E-state index is -4.33. The van der Waals surface area contributed by atoms with Crippen LogP contribution in [0.2, 0.25) is 0 Å². The summed E-state index contributed by atoms with van der Waals surface area (Å²) in [5, 5.41) is 0. The summed E-state index contributed by atoms with van der Waals surface area (Å²) in [4.78, 5) is 1.85. The van der Waals surface area contributed by atoms with E-state index in [1.165, 1.54) is 6.07 Å². The molecule has 1 aromatic carbocycles. The topological polar surface area (TPSA) is 29.3 Å². The van der Waals surface area contributed by atoms with Crippen LogP contribution in [-0.4, -0.2) is 18.6 Å². The van der Waals surface area contributed by atoms with Crippen molar-refractivity contribution in [3.8, 4) is 0 Å². The van der Waals surface area contributed by atoms with Gasteiger partial charge in [0.05, 0.1) is 5.56 Å². The lowest BCUT2D eigenvalue weighted by molar-refractivity contribution is -0.137. The zero-order valence-corrected chi connectivity index (χ0v) is 11.0. The number of nitrogens with zero attached hydrogens (tertiary/aromatic N) is 1. The number of hydrogen-bond acceptors (Lipinski definition) is 2. The third kappa shape index (κ3) is 2.86. The Labute approximate surface area is 111 Å². The molecule has 2 unspecified atom stereocenters. The highest BCUT2D eigenvalue weighted by molar-refractivity contribution is 5.57. The Balaban J connectivity index is 2.44. The molecule has 2 atom stereocenters. The first kappa shape index (κ1) is 14.2. The second-order valence-electron chi connectivity index (χ2n) is 5.09. The Kier molecular flexibility index (Phi) is 4.04. The number of para-hydroxylation sites is 1. The van der Waals surface area contributed by atoms with Gasteiger partial charge in [-0.3, -0.25) is 0 Å². The van der Waals surface area contributed by atoms with Gasteiger partial charge in [-0.05, 0) is 38.3 Å². The van der Waals surface area contributed by atoms with Gasteiger partial charge in [-0.2, -0.15) is 13.2 Å². The van der Waals surface area contributed by atoms with Crippen molar-refractivity contribution in [1.82, 2.24) is 0 Å². The van der Waals surface area contributed by atoms with Crippen molar-refractivity contribution in [3.05, 3.63) is 29.8 Å². The quantitative estimate of drug-likeness (QED) is 0.894. The van der Waals surface area contributed by atoms with E-state index < -0.39 is 11.7 Å². The van der Waals surface area contributed by atoms with Crippen molar-refractivity contribution in [2.75, 3.05) is 11.4 Å². The molecule has 1 aromatic rings. The summed E-state index contributed by atoms with van der Waals surface area (Å²) < 4.78 is 39.3. The second kappa shape index (κ2) is 5.41. The Morgan fingerprint density at radius 2 is 1.95 bits per heavy atom. The molecule has 2 nitrogen and oxygen atoms in total. The first-order chi connectivity index (χ1) is 8.95. The lowest BCUT2D eigenvalue weighted by atomic mass is 9.94.